The molecule has 3 amide bonds. The Labute approximate surface area is 357 Å². The van der Waals surface area contributed by atoms with Crippen LogP contribution in [0.25, 0.3) is 33.3 Å². The van der Waals surface area contributed by atoms with Crippen molar-refractivity contribution < 1.29 is 38.5 Å². The van der Waals surface area contributed by atoms with Gasteiger partial charge in [-0.15, -0.1) is 0 Å². The summed E-state index contributed by atoms with van der Waals surface area (Å²) in [7, 11) is 1.68. The molecule has 14 heteroatoms. The predicted octanol–water partition coefficient (Wildman–Crippen LogP) is 6.54. The second-order valence-electron chi connectivity index (χ2n) is 18.1. The molecule has 0 aliphatic carbocycles. The number of methoxy groups -OCH3 is 1. The highest BCUT2D eigenvalue weighted by molar-refractivity contribution is 5.96. The number of carbonyl (C=O) groups is 4. The first kappa shape index (κ1) is 43.6. The molecular formula is C47H60N6O8. The van der Waals surface area contributed by atoms with E-state index in [1.54, 1.807) is 51.1 Å². The number of cyclic esters (lactones) is 1. The zero-order valence-corrected chi connectivity index (χ0v) is 36.5. The van der Waals surface area contributed by atoms with E-state index in [9.17, 15) is 24.3 Å². The largest absolute Gasteiger partial charge is 0.508 e. The highest BCUT2D eigenvalue weighted by Crippen LogP contribution is 2.41. The number of esters is 1. The molecule has 3 aliphatic heterocycles. The quantitative estimate of drug-likeness (QED) is 0.166. The fourth-order valence-electron chi connectivity index (χ4n) is 9.08. The highest BCUT2D eigenvalue weighted by atomic mass is 16.6. The number of phenolic OH excluding ortho intramolecular Hbond substituents is 1. The number of rotatable bonds is 8. The lowest BCUT2D eigenvalue weighted by molar-refractivity contribution is -0.157. The number of fused-ring (bicyclic) bond motifs is 6. The minimum absolute atomic E-state index is 0.00521. The number of aromatic hydroxyl groups is 1. The fourth-order valence-corrected chi connectivity index (χ4v) is 9.08. The van der Waals surface area contributed by atoms with Gasteiger partial charge in [0.1, 0.15) is 17.3 Å². The van der Waals surface area contributed by atoms with Crippen LogP contribution in [-0.2, 0) is 54.6 Å². The van der Waals surface area contributed by atoms with Crippen LogP contribution in [0, 0.1) is 11.3 Å². The van der Waals surface area contributed by atoms with Crippen LogP contribution in [0.15, 0.2) is 54.9 Å². The predicted molar refractivity (Wildman–Crippen MR) is 231 cm³/mol. The monoisotopic (exact) mass is 836 g/mol. The third-order valence-electron chi connectivity index (χ3n) is 12.1. The summed E-state index contributed by atoms with van der Waals surface area (Å²) in [5.74, 6) is -1.99. The number of ether oxygens (including phenoxy) is 3. The zero-order valence-electron chi connectivity index (χ0n) is 36.5. The van der Waals surface area contributed by atoms with Crippen LogP contribution in [0.1, 0.15) is 83.9 Å². The van der Waals surface area contributed by atoms with Gasteiger partial charge in [0.05, 0.1) is 18.9 Å². The number of phenols is 1. The second-order valence-corrected chi connectivity index (χ2v) is 18.1. The molecule has 0 radical (unpaired) electrons. The molecule has 7 rings (SSSR count). The molecule has 6 bridgehead atoms. The Kier molecular flexibility index (Phi) is 12.8. The van der Waals surface area contributed by atoms with Crippen molar-refractivity contribution in [3.63, 3.8) is 0 Å². The van der Waals surface area contributed by atoms with E-state index in [2.05, 4.69) is 53.2 Å². The summed E-state index contributed by atoms with van der Waals surface area (Å²) in [6.45, 7) is 14.1. The Morgan fingerprint density at radius 3 is 2.51 bits per heavy atom. The number of pyridine rings is 1. The van der Waals surface area contributed by atoms with E-state index in [1.807, 2.05) is 24.4 Å². The maximum absolute atomic E-state index is 14.8. The average molecular weight is 837 g/mol. The Bertz CT molecular complexity index is 2300. The van der Waals surface area contributed by atoms with Gasteiger partial charge in [-0.3, -0.25) is 24.4 Å². The number of amides is 3. The number of benzene rings is 2. The molecule has 0 spiro atoms. The molecule has 61 heavy (non-hydrogen) atoms. The zero-order chi connectivity index (χ0) is 43.6. The summed E-state index contributed by atoms with van der Waals surface area (Å²) < 4.78 is 19.8. The highest BCUT2D eigenvalue weighted by Gasteiger charge is 2.44. The van der Waals surface area contributed by atoms with E-state index in [0.29, 0.717) is 51.1 Å². The van der Waals surface area contributed by atoms with Crippen molar-refractivity contribution >= 4 is 34.8 Å². The molecule has 1 unspecified atom stereocenters. The number of aromatic nitrogens is 2. The Balaban J connectivity index is 1.35. The van der Waals surface area contributed by atoms with Crippen LogP contribution >= 0.6 is 0 Å². The molecule has 3 atom stereocenters. The lowest BCUT2D eigenvalue weighted by Crippen LogP contribution is -2.66. The number of aryl methyl sites for hydroxylation is 1. The van der Waals surface area contributed by atoms with Gasteiger partial charge in [-0.1, -0.05) is 39.8 Å². The normalized spacial score (nSPS) is 21.3. The molecular weight excluding hydrogens is 777 g/mol. The van der Waals surface area contributed by atoms with Crippen molar-refractivity contribution in [3.05, 3.63) is 71.5 Å². The molecule has 14 nitrogen and oxygen atoms in total. The number of likely N-dealkylation sites (tertiary alicyclic amines) is 1. The van der Waals surface area contributed by atoms with Crippen molar-refractivity contribution in [1.29, 1.82) is 0 Å². The van der Waals surface area contributed by atoms with E-state index in [-0.39, 0.29) is 25.3 Å². The van der Waals surface area contributed by atoms with Crippen molar-refractivity contribution in [2.75, 3.05) is 33.4 Å². The average Bonchev–Trinajstić information content (AvgIpc) is 3.88. The number of nitrogens with one attached hydrogen (secondary N) is 2. The summed E-state index contributed by atoms with van der Waals surface area (Å²) in [5, 5.41) is 16.7. The first-order chi connectivity index (χ1) is 29.1. The van der Waals surface area contributed by atoms with Crippen LogP contribution in [-0.4, -0.2) is 99.5 Å². The number of hydrogen-bond donors (Lipinski definition) is 3. The van der Waals surface area contributed by atoms with E-state index >= 15 is 0 Å². The van der Waals surface area contributed by atoms with E-state index in [1.165, 1.54) is 5.01 Å². The first-order valence-electron chi connectivity index (χ1n) is 21.5. The van der Waals surface area contributed by atoms with Gasteiger partial charge in [0, 0.05) is 74.0 Å². The molecule has 2 aromatic carbocycles. The first-order valence-corrected chi connectivity index (χ1v) is 21.5. The third kappa shape index (κ3) is 9.25. The minimum atomic E-state index is -1.62. The van der Waals surface area contributed by atoms with Crippen LogP contribution in [0.5, 0.6) is 5.75 Å². The SMILES string of the molecule is CCn1c(-c2cnccc2COC)c2c3cc(ccc31)-c1cc(O)cc(c1)CC(C)(NC(=O)[C@@H](OC(=O)N1CCCC1)C(C)C)C(=O)N1CCC[C@H](N1)C(=O)OCC(C)(C)C2. The molecule has 2 saturated heterocycles. The van der Waals surface area contributed by atoms with Gasteiger partial charge in [-0.2, -0.15) is 0 Å². The lowest BCUT2D eigenvalue weighted by Gasteiger charge is -2.40. The van der Waals surface area contributed by atoms with Gasteiger partial charge in [-0.05, 0) is 110 Å². The number of hydrogen-bond acceptors (Lipinski definition) is 10. The molecule has 2 fully saturated rings. The van der Waals surface area contributed by atoms with Crippen LogP contribution in [0.2, 0.25) is 0 Å². The van der Waals surface area contributed by atoms with Crippen molar-refractivity contribution in [2.45, 2.75) is 111 Å². The van der Waals surface area contributed by atoms with Gasteiger partial charge in [0.2, 0.25) is 0 Å². The van der Waals surface area contributed by atoms with Crippen molar-refractivity contribution in [3.8, 4) is 28.1 Å². The number of carbonyl (C=O) groups excluding carboxylic acids is 4. The van der Waals surface area contributed by atoms with E-state index < -0.39 is 52.9 Å². The third-order valence-corrected chi connectivity index (χ3v) is 12.1. The van der Waals surface area contributed by atoms with Crippen LogP contribution in [0.4, 0.5) is 4.79 Å². The van der Waals surface area contributed by atoms with Crippen LogP contribution in [0.3, 0.4) is 0 Å². The summed E-state index contributed by atoms with van der Waals surface area (Å²) >= 11 is 0. The van der Waals surface area contributed by atoms with Gasteiger partial charge in [0.15, 0.2) is 6.10 Å². The Morgan fingerprint density at radius 2 is 1.79 bits per heavy atom. The van der Waals surface area contributed by atoms with E-state index in [4.69, 9.17) is 14.2 Å². The smallest absolute Gasteiger partial charge is 0.410 e. The molecule has 326 valence electrons. The number of nitrogens with zero attached hydrogens (tertiary/aromatic N) is 4. The fraction of sp³-hybridized carbons (Fsp3) is 0.511. The van der Waals surface area contributed by atoms with Gasteiger partial charge in [0.25, 0.3) is 11.8 Å². The summed E-state index contributed by atoms with van der Waals surface area (Å²) in [6.07, 6.45) is 5.12. The molecule has 0 saturated carbocycles. The molecule has 3 N–H and O–H groups in total. The Morgan fingerprint density at radius 1 is 1.02 bits per heavy atom. The van der Waals surface area contributed by atoms with E-state index in [0.717, 1.165) is 57.3 Å². The van der Waals surface area contributed by atoms with Crippen molar-refractivity contribution in [2.24, 2.45) is 11.3 Å². The van der Waals surface area contributed by atoms with Gasteiger partial charge >= 0.3 is 12.1 Å². The van der Waals surface area contributed by atoms with Crippen molar-refractivity contribution in [1.82, 2.24) is 30.2 Å². The lowest BCUT2D eigenvalue weighted by atomic mass is 9.84. The minimum Gasteiger partial charge on any atom is -0.508 e. The second kappa shape index (κ2) is 17.9. The maximum atomic E-state index is 14.8. The maximum Gasteiger partial charge on any atom is 0.410 e. The summed E-state index contributed by atoms with van der Waals surface area (Å²) in [6, 6.07) is 12.6. The summed E-state index contributed by atoms with van der Waals surface area (Å²) in [4.78, 5) is 62.2. The molecule has 4 aromatic rings. The van der Waals surface area contributed by atoms with Crippen LogP contribution < -0.4 is 10.7 Å². The molecule has 3 aliphatic rings. The molecule has 5 heterocycles. The van der Waals surface area contributed by atoms with Gasteiger partial charge < -0.3 is 34.1 Å². The van der Waals surface area contributed by atoms with Gasteiger partial charge in [-0.25, -0.2) is 10.2 Å². The standard InChI is InChI=1S/C47H60N6O8/c1-8-52-39-14-13-31-23-35(39)36(40(52)37-26-48-16-15-32(37)27-59-7)25-46(4,5)28-60-43(56)38-12-11-19-53(50-38)44(57)47(6,24-30-20-33(31)22-34(54)21-30)49-42(55)41(29(2)3)61-45(58)51-17-9-10-18-51/h13-16,20-23,26,29,38,41,50,54H,8-12,17-19,24-25,27-28H2,1-7H3,(H,49,55)/t38-,41-,47?/m0/s1. The number of hydrazine groups is 1. The summed E-state index contributed by atoms with van der Waals surface area (Å²) in [5.41, 5.74) is 8.18. The Hall–Kier alpha value is -5.47. The molecule has 2 aromatic heterocycles. The topological polar surface area (TPSA) is 165 Å².